The van der Waals surface area contributed by atoms with Crippen molar-refractivity contribution in [2.24, 2.45) is 0 Å². The monoisotopic (exact) mass is 605 g/mol. The van der Waals surface area contributed by atoms with Gasteiger partial charge in [0.1, 0.15) is 6.04 Å². The Labute approximate surface area is 251 Å². The summed E-state index contributed by atoms with van der Waals surface area (Å²) in [4.78, 5) is 63.2. The van der Waals surface area contributed by atoms with E-state index in [0.29, 0.717) is 65.9 Å². The lowest BCUT2D eigenvalue weighted by atomic mass is 10.0. The Kier molecular flexibility index (Phi) is 14.7. The Morgan fingerprint density at radius 1 is 0.860 bits per heavy atom. The molecule has 0 saturated carbocycles. The topological polar surface area (TPSA) is 159 Å². The van der Waals surface area contributed by atoms with Crippen LogP contribution in [-0.2, 0) is 38.1 Å². The molecule has 2 aliphatic heterocycles. The molecule has 5 amide bonds. The Hall–Kier alpha value is -3.23. The molecule has 0 radical (unpaired) electrons. The van der Waals surface area contributed by atoms with Crippen molar-refractivity contribution < 1.29 is 47.7 Å². The number of carbonyl (C=O) groups is 5. The van der Waals surface area contributed by atoms with Crippen molar-refractivity contribution in [2.45, 2.75) is 64.5 Å². The van der Waals surface area contributed by atoms with Gasteiger partial charge in [0.25, 0.3) is 11.8 Å². The van der Waals surface area contributed by atoms with Crippen molar-refractivity contribution in [1.29, 1.82) is 0 Å². The van der Waals surface area contributed by atoms with Crippen LogP contribution in [0.4, 0.5) is 5.69 Å². The molecule has 238 valence electrons. The van der Waals surface area contributed by atoms with Gasteiger partial charge >= 0.3 is 0 Å². The van der Waals surface area contributed by atoms with Gasteiger partial charge in [0.05, 0.1) is 75.8 Å². The summed E-state index contributed by atoms with van der Waals surface area (Å²) in [5.74, 6) is -2.68. The van der Waals surface area contributed by atoms with Crippen molar-refractivity contribution in [2.75, 3.05) is 64.8 Å². The number of imide groups is 2. The number of rotatable bonds is 21. The first-order valence-corrected chi connectivity index (χ1v) is 14.9. The highest BCUT2D eigenvalue weighted by molar-refractivity contribution is 6.26. The molecule has 3 rings (SSSR count). The zero-order valence-electron chi connectivity index (χ0n) is 25.0. The number of amides is 5. The van der Waals surface area contributed by atoms with Gasteiger partial charge in [-0.25, -0.2) is 0 Å². The smallest absolute Gasteiger partial charge is 0.264 e. The Morgan fingerprint density at radius 2 is 1.49 bits per heavy atom. The highest BCUT2D eigenvalue weighted by Crippen LogP contribution is 2.32. The number of hydrogen-bond acceptors (Lipinski definition) is 10. The second kappa shape index (κ2) is 18.4. The summed E-state index contributed by atoms with van der Waals surface area (Å²) in [6, 6.07) is 3.55. The maximum absolute atomic E-state index is 13.1. The Morgan fingerprint density at radius 3 is 2.12 bits per heavy atom. The molecule has 1 aromatic carbocycles. The van der Waals surface area contributed by atoms with Crippen molar-refractivity contribution in [3.8, 4) is 0 Å². The molecule has 0 bridgehead atoms. The predicted octanol–water partition coefficient (Wildman–Crippen LogP) is 2.08. The number of nitrogens with zero attached hydrogens (tertiary/aromatic N) is 1. The van der Waals surface area contributed by atoms with Gasteiger partial charge in [0.15, 0.2) is 0 Å². The third kappa shape index (κ3) is 11.1. The fraction of sp³-hybridized carbons (Fsp3) is 0.633. The summed E-state index contributed by atoms with van der Waals surface area (Å²) in [5, 5.41) is 4.90. The van der Waals surface area contributed by atoms with Gasteiger partial charge in [0, 0.05) is 19.4 Å². The van der Waals surface area contributed by atoms with Gasteiger partial charge in [-0.3, -0.25) is 34.2 Å². The van der Waals surface area contributed by atoms with E-state index in [2.05, 4.69) is 10.6 Å². The lowest BCUT2D eigenvalue weighted by Crippen LogP contribution is -2.54. The summed E-state index contributed by atoms with van der Waals surface area (Å²) in [6.07, 6.45) is 2.74. The predicted molar refractivity (Wildman–Crippen MR) is 155 cm³/mol. The highest BCUT2D eigenvalue weighted by Gasteiger charge is 2.45. The van der Waals surface area contributed by atoms with Crippen LogP contribution < -0.4 is 10.6 Å². The van der Waals surface area contributed by atoms with Crippen LogP contribution in [0, 0.1) is 0 Å². The van der Waals surface area contributed by atoms with Crippen LogP contribution in [-0.4, -0.2) is 106 Å². The van der Waals surface area contributed by atoms with Crippen LogP contribution in [0.2, 0.25) is 0 Å². The van der Waals surface area contributed by atoms with Crippen LogP contribution in [0.1, 0.15) is 73.1 Å². The third-order valence-corrected chi connectivity index (χ3v) is 6.73. The second-order valence-electron chi connectivity index (χ2n) is 10.4. The number of carbonyl (C=O) groups excluding carboxylic acids is 5. The molecule has 1 saturated heterocycles. The largest absolute Gasteiger partial charge is 0.379 e. The van der Waals surface area contributed by atoms with Crippen LogP contribution in [0.15, 0.2) is 18.2 Å². The molecule has 2 N–H and O–H groups in total. The molecule has 0 aromatic heterocycles. The zero-order chi connectivity index (χ0) is 31.0. The van der Waals surface area contributed by atoms with Crippen LogP contribution >= 0.6 is 0 Å². The molecule has 0 aliphatic carbocycles. The van der Waals surface area contributed by atoms with Crippen molar-refractivity contribution in [1.82, 2.24) is 10.2 Å². The standard InChI is InChI=1S/C30H43N3O10/c1-21(2)43-20-19-42-18-17-41-16-15-40-14-13-39-12-5-3-4-9-25(34)31-23-8-6-7-22-27(23)30(38)33(29(22)37)24-10-11-26(35)32-28(24)36/h6-8,21,24H,3-5,9-20H2,1-2H3,(H,31,34)(H,32,35,36). The summed E-state index contributed by atoms with van der Waals surface area (Å²) >= 11 is 0. The normalized spacial score (nSPS) is 16.6. The van der Waals surface area contributed by atoms with E-state index >= 15 is 0 Å². The summed E-state index contributed by atoms with van der Waals surface area (Å²) < 4.78 is 27.3. The number of ether oxygens (including phenoxy) is 5. The van der Waals surface area contributed by atoms with Crippen molar-refractivity contribution >= 4 is 35.2 Å². The van der Waals surface area contributed by atoms with Crippen LogP contribution in [0.25, 0.3) is 0 Å². The van der Waals surface area contributed by atoms with E-state index in [4.69, 9.17) is 23.7 Å². The summed E-state index contributed by atoms with van der Waals surface area (Å²) in [6.45, 7) is 8.59. The fourth-order valence-corrected chi connectivity index (χ4v) is 4.60. The lowest BCUT2D eigenvalue weighted by molar-refractivity contribution is -0.136. The quantitative estimate of drug-likeness (QED) is 0.157. The van der Waals surface area contributed by atoms with E-state index in [9.17, 15) is 24.0 Å². The molecule has 1 atom stereocenters. The van der Waals surface area contributed by atoms with Gasteiger partial charge < -0.3 is 29.0 Å². The van der Waals surface area contributed by atoms with E-state index < -0.39 is 29.7 Å². The first kappa shape index (κ1) is 34.3. The molecule has 0 spiro atoms. The number of benzene rings is 1. The minimum Gasteiger partial charge on any atom is -0.379 e. The van der Waals surface area contributed by atoms with Crippen LogP contribution in [0.5, 0.6) is 0 Å². The maximum atomic E-state index is 13.1. The van der Waals surface area contributed by atoms with Crippen LogP contribution in [0.3, 0.4) is 0 Å². The van der Waals surface area contributed by atoms with Gasteiger partial charge in [-0.2, -0.15) is 0 Å². The minimum absolute atomic E-state index is 0.0361. The van der Waals surface area contributed by atoms with E-state index in [1.54, 1.807) is 12.1 Å². The molecule has 2 heterocycles. The van der Waals surface area contributed by atoms with Gasteiger partial charge in [0.2, 0.25) is 17.7 Å². The Bertz CT molecular complexity index is 1110. The third-order valence-electron chi connectivity index (χ3n) is 6.73. The molecule has 13 nitrogen and oxygen atoms in total. The molecule has 2 aliphatic rings. The first-order chi connectivity index (χ1) is 20.8. The minimum atomic E-state index is -1.06. The summed E-state index contributed by atoms with van der Waals surface area (Å²) in [5.41, 5.74) is 0.407. The Balaban J connectivity index is 1.22. The molecular formula is C30H43N3O10. The van der Waals surface area contributed by atoms with E-state index in [1.165, 1.54) is 6.07 Å². The average molecular weight is 606 g/mol. The number of unbranched alkanes of at least 4 members (excludes halogenated alkanes) is 2. The van der Waals surface area contributed by atoms with Gasteiger partial charge in [-0.05, 0) is 45.2 Å². The first-order valence-electron chi connectivity index (χ1n) is 14.9. The van der Waals surface area contributed by atoms with E-state index in [1.807, 2.05) is 13.8 Å². The van der Waals surface area contributed by atoms with Crippen molar-refractivity contribution in [3.63, 3.8) is 0 Å². The second-order valence-corrected chi connectivity index (χ2v) is 10.4. The van der Waals surface area contributed by atoms with E-state index in [0.717, 1.165) is 17.7 Å². The molecule has 1 unspecified atom stereocenters. The van der Waals surface area contributed by atoms with Crippen molar-refractivity contribution in [3.05, 3.63) is 29.3 Å². The lowest BCUT2D eigenvalue weighted by Gasteiger charge is -2.27. The molecular weight excluding hydrogens is 562 g/mol. The number of piperidine rings is 1. The fourth-order valence-electron chi connectivity index (χ4n) is 4.60. The number of fused-ring (bicyclic) bond motifs is 1. The maximum Gasteiger partial charge on any atom is 0.264 e. The SMILES string of the molecule is CC(C)OCCOCCOCCOCCOCCCCCC(=O)Nc1cccc2c1C(=O)N(C1CCC(=O)NC1=O)C2=O. The number of anilines is 1. The zero-order valence-corrected chi connectivity index (χ0v) is 25.0. The van der Waals surface area contributed by atoms with Gasteiger partial charge in [-0.15, -0.1) is 0 Å². The highest BCUT2D eigenvalue weighted by atomic mass is 16.6. The molecule has 13 heteroatoms. The van der Waals surface area contributed by atoms with E-state index in [-0.39, 0.29) is 48.1 Å². The average Bonchev–Trinajstić information content (AvgIpc) is 3.22. The summed E-state index contributed by atoms with van der Waals surface area (Å²) in [7, 11) is 0. The van der Waals surface area contributed by atoms with Gasteiger partial charge in [-0.1, -0.05) is 12.5 Å². The number of nitrogens with one attached hydrogen (secondary N) is 2. The molecule has 43 heavy (non-hydrogen) atoms. The molecule has 1 fully saturated rings. The number of hydrogen-bond donors (Lipinski definition) is 2. The molecule has 1 aromatic rings.